The summed E-state index contributed by atoms with van der Waals surface area (Å²) in [5.74, 6) is -0.726. The molecule has 0 aromatic carbocycles. The zero-order chi connectivity index (χ0) is 10.8. The van der Waals surface area contributed by atoms with E-state index in [0.717, 1.165) is 19.5 Å². The highest BCUT2D eigenvalue weighted by atomic mass is 16.4. The SMILES string of the molecule is CN1CC(CC(=O)O)NCCC1(C)C. The van der Waals surface area contributed by atoms with Crippen LogP contribution < -0.4 is 5.32 Å². The minimum absolute atomic E-state index is 0.0827. The Balaban J connectivity index is 2.55. The van der Waals surface area contributed by atoms with Gasteiger partial charge in [-0.25, -0.2) is 0 Å². The average Bonchev–Trinajstić information content (AvgIpc) is 2.11. The number of aliphatic carboxylic acids is 1. The summed E-state index contributed by atoms with van der Waals surface area (Å²) in [7, 11) is 2.06. The third-order valence-corrected chi connectivity index (χ3v) is 3.12. The molecular weight excluding hydrogens is 180 g/mol. The van der Waals surface area contributed by atoms with Crippen molar-refractivity contribution in [2.75, 3.05) is 20.1 Å². The van der Waals surface area contributed by atoms with E-state index in [2.05, 4.69) is 31.1 Å². The molecule has 4 nitrogen and oxygen atoms in total. The van der Waals surface area contributed by atoms with E-state index in [1.165, 1.54) is 0 Å². The molecule has 14 heavy (non-hydrogen) atoms. The number of hydrogen-bond donors (Lipinski definition) is 2. The first-order valence-electron chi connectivity index (χ1n) is 5.08. The molecular formula is C10H20N2O2. The molecule has 0 aliphatic carbocycles. The van der Waals surface area contributed by atoms with Crippen molar-refractivity contribution < 1.29 is 9.90 Å². The fraction of sp³-hybridized carbons (Fsp3) is 0.900. The molecule has 0 amide bonds. The molecule has 82 valence electrons. The Morgan fingerprint density at radius 2 is 2.29 bits per heavy atom. The minimum Gasteiger partial charge on any atom is -0.481 e. The first-order chi connectivity index (χ1) is 6.42. The molecule has 0 saturated carbocycles. The van der Waals surface area contributed by atoms with Crippen LogP contribution in [0.3, 0.4) is 0 Å². The van der Waals surface area contributed by atoms with Crippen LogP contribution in [0.1, 0.15) is 26.7 Å². The lowest BCUT2D eigenvalue weighted by Crippen LogP contribution is -2.44. The first kappa shape index (κ1) is 11.5. The van der Waals surface area contributed by atoms with Gasteiger partial charge in [0, 0.05) is 18.1 Å². The van der Waals surface area contributed by atoms with Crippen molar-refractivity contribution >= 4 is 5.97 Å². The number of carbonyl (C=O) groups is 1. The van der Waals surface area contributed by atoms with Gasteiger partial charge in [-0.15, -0.1) is 0 Å². The van der Waals surface area contributed by atoms with Gasteiger partial charge in [-0.3, -0.25) is 9.69 Å². The van der Waals surface area contributed by atoms with E-state index in [-0.39, 0.29) is 18.0 Å². The number of nitrogens with one attached hydrogen (secondary N) is 1. The molecule has 1 aliphatic rings. The van der Waals surface area contributed by atoms with E-state index >= 15 is 0 Å². The lowest BCUT2D eigenvalue weighted by atomic mass is 9.99. The highest BCUT2D eigenvalue weighted by Gasteiger charge is 2.29. The van der Waals surface area contributed by atoms with E-state index in [4.69, 9.17) is 5.11 Å². The predicted molar refractivity (Wildman–Crippen MR) is 55.4 cm³/mol. The maximum absolute atomic E-state index is 10.6. The summed E-state index contributed by atoms with van der Waals surface area (Å²) in [5, 5.41) is 12.0. The van der Waals surface area contributed by atoms with Crippen molar-refractivity contribution in [2.24, 2.45) is 0 Å². The second-order valence-corrected chi connectivity index (χ2v) is 4.69. The van der Waals surface area contributed by atoms with Crippen LogP contribution in [0, 0.1) is 0 Å². The number of carboxylic acids is 1. The third-order valence-electron chi connectivity index (χ3n) is 3.12. The lowest BCUT2D eigenvalue weighted by Gasteiger charge is -2.34. The number of hydrogen-bond acceptors (Lipinski definition) is 3. The molecule has 1 fully saturated rings. The van der Waals surface area contributed by atoms with E-state index in [1.807, 2.05) is 0 Å². The van der Waals surface area contributed by atoms with Crippen LogP contribution in [0.2, 0.25) is 0 Å². The van der Waals surface area contributed by atoms with Gasteiger partial charge < -0.3 is 10.4 Å². The normalized spacial score (nSPS) is 28.4. The summed E-state index contributed by atoms with van der Waals surface area (Å²) >= 11 is 0. The monoisotopic (exact) mass is 200 g/mol. The second kappa shape index (κ2) is 4.28. The molecule has 1 saturated heterocycles. The molecule has 0 radical (unpaired) electrons. The molecule has 0 aromatic heterocycles. The standard InChI is InChI=1S/C10H20N2O2/c1-10(2)4-5-11-8(6-9(13)14)7-12(10)3/h8,11H,4-7H2,1-3H3,(H,13,14). The Morgan fingerprint density at radius 3 is 2.86 bits per heavy atom. The number of nitrogens with zero attached hydrogens (tertiary/aromatic N) is 1. The van der Waals surface area contributed by atoms with Crippen molar-refractivity contribution in [1.82, 2.24) is 10.2 Å². The maximum atomic E-state index is 10.6. The predicted octanol–water partition coefficient (Wildman–Crippen LogP) is 0.533. The second-order valence-electron chi connectivity index (χ2n) is 4.69. The van der Waals surface area contributed by atoms with E-state index in [9.17, 15) is 4.79 Å². The van der Waals surface area contributed by atoms with Gasteiger partial charge in [-0.05, 0) is 33.9 Å². The van der Waals surface area contributed by atoms with Crippen molar-refractivity contribution in [3.05, 3.63) is 0 Å². The summed E-state index contributed by atoms with van der Waals surface area (Å²) in [6.45, 7) is 6.09. The van der Waals surface area contributed by atoms with Gasteiger partial charge in [0.2, 0.25) is 0 Å². The van der Waals surface area contributed by atoms with Crippen molar-refractivity contribution in [2.45, 2.75) is 38.3 Å². The Bertz CT molecular complexity index is 216. The summed E-state index contributed by atoms with van der Waals surface area (Å²) in [6.07, 6.45) is 1.26. The smallest absolute Gasteiger partial charge is 0.304 e. The minimum atomic E-state index is -0.726. The van der Waals surface area contributed by atoms with Crippen molar-refractivity contribution in [3.63, 3.8) is 0 Å². The van der Waals surface area contributed by atoms with Gasteiger partial charge in [0.15, 0.2) is 0 Å². The Kier molecular flexibility index (Phi) is 3.50. The van der Waals surface area contributed by atoms with Crippen molar-refractivity contribution in [1.29, 1.82) is 0 Å². The van der Waals surface area contributed by atoms with Crippen LogP contribution in [0.5, 0.6) is 0 Å². The van der Waals surface area contributed by atoms with E-state index < -0.39 is 5.97 Å². The number of carboxylic acid groups (broad SMARTS) is 1. The van der Waals surface area contributed by atoms with Gasteiger partial charge in [-0.1, -0.05) is 0 Å². The zero-order valence-electron chi connectivity index (χ0n) is 9.21. The van der Waals surface area contributed by atoms with Crippen LogP contribution in [0.25, 0.3) is 0 Å². The molecule has 4 heteroatoms. The zero-order valence-corrected chi connectivity index (χ0v) is 9.21. The number of rotatable bonds is 2. The molecule has 1 aliphatic heterocycles. The van der Waals surface area contributed by atoms with Gasteiger partial charge in [0.1, 0.15) is 0 Å². The largest absolute Gasteiger partial charge is 0.481 e. The summed E-state index contributed by atoms with van der Waals surface area (Å²) in [4.78, 5) is 12.8. The molecule has 1 heterocycles. The van der Waals surface area contributed by atoms with Crippen molar-refractivity contribution in [3.8, 4) is 0 Å². The molecule has 1 atom stereocenters. The van der Waals surface area contributed by atoms with E-state index in [1.54, 1.807) is 0 Å². The fourth-order valence-electron chi connectivity index (χ4n) is 1.76. The van der Waals surface area contributed by atoms with Crippen LogP contribution in [-0.4, -0.2) is 47.7 Å². The first-order valence-corrected chi connectivity index (χ1v) is 5.08. The highest BCUT2D eigenvalue weighted by Crippen LogP contribution is 2.19. The third kappa shape index (κ3) is 2.96. The lowest BCUT2D eigenvalue weighted by molar-refractivity contribution is -0.137. The van der Waals surface area contributed by atoms with Gasteiger partial charge in [-0.2, -0.15) is 0 Å². The molecule has 0 spiro atoms. The van der Waals surface area contributed by atoms with E-state index in [0.29, 0.717) is 0 Å². The number of likely N-dealkylation sites (N-methyl/N-ethyl adjacent to an activating group) is 1. The summed E-state index contributed by atoms with van der Waals surface area (Å²) < 4.78 is 0. The topological polar surface area (TPSA) is 52.6 Å². The quantitative estimate of drug-likeness (QED) is 0.683. The summed E-state index contributed by atoms with van der Waals surface area (Å²) in [5.41, 5.74) is 0.167. The molecule has 2 N–H and O–H groups in total. The molecule has 1 rings (SSSR count). The highest BCUT2D eigenvalue weighted by molar-refractivity contribution is 5.67. The Hall–Kier alpha value is -0.610. The summed E-state index contributed by atoms with van der Waals surface area (Å²) in [6, 6.07) is 0.0827. The fourth-order valence-corrected chi connectivity index (χ4v) is 1.76. The van der Waals surface area contributed by atoms with Crippen LogP contribution in [0.15, 0.2) is 0 Å². The van der Waals surface area contributed by atoms with Gasteiger partial charge in [0.05, 0.1) is 6.42 Å². The molecule has 0 aromatic rings. The Morgan fingerprint density at radius 1 is 1.64 bits per heavy atom. The van der Waals surface area contributed by atoms with Crippen LogP contribution >= 0.6 is 0 Å². The van der Waals surface area contributed by atoms with Gasteiger partial charge >= 0.3 is 5.97 Å². The molecule has 1 unspecified atom stereocenters. The van der Waals surface area contributed by atoms with Crippen LogP contribution in [-0.2, 0) is 4.79 Å². The average molecular weight is 200 g/mol. The Labute approximate surface area is 85.3 Å². The maximum Gasteiger partial charge on any atom is 0.304 e. The molecule has 0 bridgehead atoms. The van der Waals surface area contributed by atoms with Crippen LogP contribution in [0.4, 0.5) is 0 Å². The van der Waals surface area contributed by atoms with Gasteiger partial charge in [0.25, 0.3) is 0 Å².